The van der Waals surface area contributed by atoms with E-state index in [1.54, 1.807) is 0 Å². The molecule has 0 bridgehead atoms. The summed E-state index contributed by atoms with van der Waals surface area (Å²) in [6.07, 6.45) is 0. The molecule has 0 spiro atoms. The summed E-state index contributed by atoms with van der Waals surface area (Å²) < 4.78 is 5.49. The van der Waals surface area contributed by atoms with Gasteiger partial charge in [0.1, 0.15) is 5.82 Å². The van der Waals surface area contributed by atoms with Crippen LogP contribution in [0.3, 0.4) is 0 Å². The van der Waals surface area contributed by atoms with Gasteiger partial charge in [0.15, 0.2) is 0 Å². The molecule has 1 N–H and O–H groups in total. The van der Waals surface area contributed by atoms with Crippen LogP contribution in [-0.2, 0) is 24.4 Å². The molecule has 5 rings (SSSR count). The van der Waals surface area contributed by atoms with Crippen LogP contribution in [0.5, 0.6) is 0 Å². The van der Waals surface area contributed by atoms with Gasteiger partial charge in [-0.1, -0.05) is 48.5 Å². The Morgan fingerprint density at radius 2 is 1.74 bits per heavy atom. The van der Waals surface area contributed by atoms with E-state index in [4.69, 9.17) is 9.72 Å². The van der Waals surface area contributed by atoms with Crippen LogP contribution in [0.1, 0.15) is 27.0 Å². The molecular weight excluding hydrogens is 390 g/mol. The molecule has 1 fully saturated rings. The normalized spacial score (nSPS) is 16.0. The highest BCUT2D eigenvalue weighted by Crippen LogP contribution is 2.35. The predicted molar refractivity (Wildman–Crippen MR) is 119 cm³/mol. The molecule has 158 valence electrons. The predicted octanol–water partition coefficient (Wildman–Crippen LogP) is 3.23. The molecule has 6 nitrogen and oxygen atoms in total. The van der Waals surface area contributed by atoms with Crippen molar-refractivity contribution in [1.29, 1.82) is 0 Å². The standard InChI is InChI=1S/C25H25N3O3/c29-17-19-7-4-8-20(13-19)24-22-16-28(15-18-5-2-1-3-6-18)25(30)21(22)14-23(26-24)27-9-11-31-12-10-27/h1-8,13-14,29H,9-12,15-17H2. The SMILES string of the molecule is O=C1c2cc(N3CCOCC3)nc(-c3cccc(CO)c3)c2CN1Cc1ccccc1. The Morgan fingerprint density at radius 1 is 0.968 bits per heavy atom. The minimum Gasteiger partial charge on any atom is -0.392 e. The van der Waals surface area contributed by atoms with Crippen molar-refractivity contribution in [3.8, 4) is 11.3 Å². The van der Waals surface area contributed by atoms with Gasteiger partial charge in [-0.3, -0.25) is 4.79 Å². The number of amides is 1. The number of aromatic nitrogens is 1. The van der Waals surface area contributed by atoms with Gasteiger partial charge in [0.05, 0.1) is 31.1 Å². The minimum absolute atomic E-state index is 0.0295. The molecule has 0 atom stereocenters. The van der Waals surface area contributed by atoms with E-state index in [9.17, 15) is 9.90 Å². The molecule has 0 unspecified atom stereocenters. The zero-order valence-corrected chi connectivity index (χ0v) is 17.3. The van der Waals surface area contributed by atoms with Gasteiger partial charge in [-0.2, -0.15) is 0 Å². The average Bonchev–Trinajstić information content (AvgIpc) is 3.15. The first kappa shape index (κ1) is 19.7. The summed E-state index contributed by atoms with van der Waals surface area (Å²) in [5, 5.41) is 9.60. The molecule has 0 saturated carbocycles. The lowest BCUT2D eigenvalue weighted by atomic mass is 10.0. The first-order valence-electron chi connectivity index (χ1n) is 10.6. The van der Waals surface area contributed by atoms with E-state index in [1.165, 1.54) is 0 Å². The number of hydrogen-bond acceptors (Lipinski definition) is 5. The van der Waals surface area contributed by atoms with Crippen molar-refractivity contribution in [1.82, 2.24) is 9.88 Å². The molecule has 2 aliphatic heterocycles. The van der Waals surface area contributed by atoms with Crippen molar-refractivity contribution in [2.75, 3.05) is 31.2 Å². The van der Waals surface area contributed by atoms with Gasteiger partial charge in [0.2, 0.25) is 0 Å². The third-order valence-electron chi connectivity index (χ3n) is 5.91. The fourth-order valence-electron chi connectivity index (χ4n) is 4.28. The van der Waals surface area contributed by atoms with E-state index in [2.05, 4.69) is 4.90 Å². The van der Waals surface area contributed by atoms with Crippen molar-refractivity contribution < 1.29 is 14.6 Å². The maximum absolute atomic E-state index is 13.4. The van der Waals surface area contributed by atoms with Crippen LogP contribution in [-0.4, -0.2) is 47.2 Å². The number of fused-ring (bicyclic) bond motifs is 1. The average molecular weight is 415 g/mol. The number of pyridine rings is 1. The summed E-state index contributed by atoms with van der Waals surface area (Å²) in [6.45, 7) is 3.88. The van der Waals surface area contributed by atoms with Crippen LogP contribution in [0.25, 0.3) is 11.3 Å². The quantitative estimate of drug-likeness (QED) is 0.693. The van der Waals surface area contributed by atoms with Gasteiger partial charge in [0, 0.05) is 37.3 Å². The summed E-state index contributed by atoms with van der Waals surface area (Å²) in [4.78, 5) is 22.4. The maximum Gasteiger partial charge on any atom is 0.255 e. The zero-order valence-electron chi connectivity index (χ0n) is 17.3. The first-order valence-corrected chi connectivity index (χ1v) is 10.6. The number of anilines is 1. The molecule has 1 saturated heterocycles. The number of nitrogens with zero attached hydrogens (tertiary/aromatic N) is 3. The smallest absolute Gasteiger partial charge is 0.255 e. The Balaban J connectivity index is 1.57. The summed E-state index contributed by atoms with van der Waals surface area (Å²) >= 11 is 0. The van der Waals surface area contributed by atoms with Crippen molar-refractivity contribution >= 4 is 11.7 Å². The first-order chi connectivity index (χ1) is 15.2. The Hall–Kier alpha value is -3.22. The molecule has 0 aliphatic carbocycles. The van der Waals surface area contributed by atoms with E-state index in [1.807, 2.05) is 65.6 Å². The van der Waals surface area contributed by atoms with E-state index in [0.29, 0.717) is 26.3 Å². The largest absolute Gasteiger partial charge is 0.392 e. The van der Waals surface area contributed by atoms with Crippen molar-refractivity contribution in [2.24, 2.45) is 0 Å². The Bertz CT molecular complexity index is 1090. The molecule has 3 heterocycles. The maximum atomic E-state index is 13.4. The minimum atomic E-state index is -0.0295. The number of morpholine rings is 1. The highest BCUT2D eigenvalue weighted by Gasteiger charge is 2.32. The fraction of sp³-hybridized carbons (Fsp3) is 0.280. The third kappa shape index (κ3) is 3.92. The van der Waals surface area contributed by atoms with Gasteiger partial charge < -0.3 is 19.6 Å². The third-order valence-corrected chi connectivity index (χ3v) is 5.91. The number of carbonyl (C=O) groups is 1. The van der Waals surface area contributed by atoms with E-state index in [0.717, 1.165) is 52.4 Å². The fourth-order valence-corrected chi connectivity index (χ4v) is 4.28. The van der Waals surface area contributed by atoms with Crippen LogP contribution in [0.15, 0.2) is 60.7 Å². The second-order valence-corrected chi connectivity index (χ2v) is 7.96. The summed E-state index contributed by atoms with van der Waals surface area (Å²) in [5.74, 6) is 0.844. The lowest BCUT2D eigenvalue weighted by molar-refractivity contribution is 0.0767. The second kappa shape index (κ2) is 8.49. The molecular formula is C25H25N3O3. The summed E-state index contributed by atoms with van der Waals surface area (Å²) in [6, 6.07) is 19.8. The molecule has 0 radical (unpaired) electrons. The molecule has 1 amide bonds. The Kier molecular flexibility index (Phi) is 5.40. The zero-order chi connectivity index (χ0) is 21.2. The van der Waals surface area contributed by atoms with Crippen LogP contribution in [0, 0.1) is 0 Å². The number of aliphatic hydroxyl groups is 1. The van der Waals surface area contributed by atoms with Crippen LogP contribution in [0.4, 0.5) is 5.82 Å². The lowest BCUT2D eigenvalue weighted by Gasteiger charge is -2.28. The molecule has 1 aromatic heterocycles. The highest BCUT2D eigenvalue weighted by atomic mass is 16.5. The van der Waals surface area contributed by atoms with Gasteiger partial charge in [-0.15, -0.1) is 0 Å². The van der Waals surface area contributed by atoms with Crippen LogP contribution >= 0.6 is 0 Å². The van der Waals surface area contributed by atoms with Crippen molar-refractivity contribution in [3.05, 3.63) is 82.9 Å². The number of benzene rings is 2. The summed E-state index contributed by atoms with van der Waals surface area (Å²) in [5.41, 5.74) is 5.35. The van der Waals surface area contributed by atoms with Crippen molar-refractivity contribution in [3.63, 3.8) is 0 Å². The molecule has 3 aromatic rings. The van der Waals surface area contributed by atoms with Gasteiger partial charge in [-0.05, 0) is 23.3 Å². The molecule has 6 heteroatoms. The van der Waals surface area contributed by atoms with E-state index >= 15 is 0 Å². The van der Waals surface area contributed by atoms with E-state index in [-0.39, 0.29) is 12.5 Å². The second-order valence-electron chi connectivity index (χ2n) is 7.96. The number of ether oxygens (including phenoxy) is 1. The Labute approximate surface area is 181 Å². The monoisotopic (exact) mass is 415 g/mol. The number of hydrogen-bond donors (Lipinski definition) is 1. The molecule has 2 aromatic carbocycles. The van der Waals surface area contributed by atoms with Gasteiger partial charge >= 0.3 is 0 Å². The lowest BCUT2D eigenvalue weighted by Crippen LogP contribution is -2.37. The molecule has 2 aliphatic rings. The number of rotatable bonds is 5. The van der Waals surface area contributed by atoms with Crippen LogP contribution in [0.2, 0.25) is 0 Å². The van der Waals surface area contributed by atoms with Gasteiger partial charge in [0.25, 0.3) is 5.91 Å². The summed E-state index contributed by atoms with van der Waals surface area (Å²) in [7, 11) is 0. The van der Waals surface area contributed by atoms with Gasteiger partial charge in [-0.25, -0.2) is 4.98 Å². The van der Waals surface area contributed by atoms with Crippen molar-refractivity contribution in [2.45, 2.75) is 19.7 Å². The Morgan fingerprint density at radius 3 is 2.52 bits per heavy atom. The topological polar surface area (TPSA) is 65.9 Å². The highest BCUT2D eigenvalue weighted by molar-refractivity contribution is 6.01. The molecule has 31 heavy (non-hydrogen) atoms. The number of aliphatic hydroxyl groups excluding tert-OH is 1. The van der Waals surface area contributed by atoms with E-state index < -0.39 is 0 Å². The van der Waals surface area contributed by atoms with Crippen LogP contribution < -0.4 is 4.90 Å². The number of carbonyl (C=O) groups excluding carboxylic acids is 1.